The number of phenols is 1. The molecule has 92 valence electrons. The van der Waals surface area contributed by atoms with Gasteiger partial charge in [-0.1, -0.05) is 0 Å². The number of hydrogen-bond acceptors (Lipinski definition) is 3. The number of carbonyl (C=O) groups is 1. The van der Waals surface area contributed by atoms with E-state index in [4.69, 9.17) is 0 Å². The van der Waals surface area contributed by atoms with E-state index in [2.05, 4.69) is 0 Å². The largest absolute Gasteiger partial charge is 0.508 e. The first kappa shape index (κ1) is 11.9. The lowest BCUT2D eigenvalue weighted by molar-refractivity contribution is 0.0546. The van der Waals surface area contributed by atoms with Crippen molar-refractivity contribution in [3.8, 4) is 5.75 Å². The Morgan fingerprint density at radius 1 is 1.35 bits per heavy atom. The van der Waals surface area contributed by atoms with Gasteiger partial charge in [-0.3, -0.25) is 4.79 Å². The number of aliphatic hydroxyl groups excluding tert-OH is 1. The molecule has 1 aliphatic heterocycles. The minimum absolute atomic E-state index is 0.0191. The van der Waals surface area contributed by atoms with Gasteiger partial charge in [-0.25, -0.2) is 0 Å². The van der Waals surface area contributed by atoms with Crippen LogP contribution in [0, 0.1) is 6.92 Å². The van der Waals surface area contributed by atoms with Crippen molar-refractivity contribution in [1.29, 1.82) is 0 Å². The van der Waals surface area contributed by atoms with Gasteiger partial charge >= 0.3 is 0 Å². The fourth-order valence-corrected chi connectivity index (χ4v) is 2.13. The van der Waals surface area contributed by atoms with E-state index in [0.717, 1.165) is 5.56 Å². The molecular weight excluding hydrogens is 218 g/mol. The quantitative estimate of drug-likeness (QED) is 0.771. The number of amides is 1. The Morgan fingerprint density at radius 3 is 2.59 bits per heavy atom. The molecule has 2 rings (SSSR count). The molecule has 1 fully saturated rings. The fraction of sp³-hybridized carbons (Fsp3) is 0.462. The molecule has 1 aliphatic rings. The molecule has 17 heavy (non-hydrogen) atoms. The number of nitrogens with zero attached hydrogens (tertiary/aromatic N) is 1. The monoisotopic (exact) mass is 235 g/mol. The van der Waals surface area contributed by atoms with Crippen LogP contribution in [0.4, 0.5) is 0 Å². The van der Waals surface area contributed by atoms with Crippen LogP contribution in [0.2, 0.25) is 0 Å². The molecule has 0 aliphatic carbocycles. The van der Waals surface area contributed by atoms with E-state index in [-0.39, 0.29) is 17.8 Å². The van der Waals surface area contributed by atoms with Gasteiger partial charge in [0.05, 0.1) is 6.10 Å². The van der Waals surface area contributed by atoms with Crippen LogP contribution >= 0.6 is 0 Å². The lowest BCUT2D eigenvalue weighted by Crippen LogP contribution is -2.40. The Labute approximate surface area is 100 Å². The summed E-state index contributed by atoms with van der Waals surface area (Å²) in [6.45, 7) is 3.01. The number of phenolic OH excluding ortho intramolecular Hbond substituents is 1. The Bertz CT molecular complexity index is 423. The number of aliphatic hydroxyl groups is 1. The first-order valence-electron chi connectivity index (χ1n) is 5.85. The maximum absolute atomic E-state index is 12.2. The minimum Gasteiger partial charge on any atom is -0.508 e. The number of aromatic hydroxyl groups is 1. The minimum atomic E-state index is -0.278. The highest BCUT2D eigenvalue weighted by Crippen LogP contribution is 2.19. The zero-order chi connectivity index (χ0) is 12.4. The standard InChI is InChI=1S/C13H17NO3/c1-9-8-11(16)2-3-12(9)13(17)14-6-4-10(15)5-7-14/h2-3,8,10,15-16H,4-7H2,1H3. The SMILES string of the molecule is Cc1cc(O)ccc1C(=O)N1CCC(O)CC1. The third-order valence-electron chi connectivity index (χ3n) is 3.19. The van der Waals surface area contributed by atoms with Crippen molar-refractivity contribution >= 4 is 5.91 Å². The normalized spacial score (nSPS) is 17.2. The number of carbonyl (C=O) groups excluding carboxylic acids is 1. The van der Waals surface area contributed by atoms with Crippen LogP contribution in [-0.4, -0.2) is 40.2 Å². The van der Waals surface area contributed by atoms with Crippen LogP contribution in [0.15, 0.2) is 18.2 Å². The maximum atomic E-state index is 12.2. The van der Waals surface area contributed by atoms with Gasteiger partial charge in [0.25, 0.3) is 5.91 Å². The number of likely N-dealkylation sites (tertiary alicyclic amines) is 1. The van der Waals surface area contributed by atoms with Crippen molar-refractivity contribution in [1.82, 2.24) is 4.90 Å². The molecule has 1 aromatic rings. The van der Waals surface area contributed by atoms with E-state index in [0.29, 0.717) is 31.5 Å². The molecule has 1 saturated heterocycles. The summed E-state index contributed by atoms with van der Waals surface area (Å²) in [6.07, 6.45) is 1.01. The molecule has 0 spiro atoms. The summed E-state index contributed by atoms with van der Waals surface area (Å²) >= 11 is 0. The van der Waals surface area contributed by atoms with Crippen LogP contribution < -0.4 is 0 Å². The van der Waals surface area contributed by atoms with Gasteiger partial charge in [0.2, 0.25) is 0 Å². The molecule has 0 saturated carbocycles. The molecule has 1 amide bonds. The fourth-order valence-electron chi connectivity index (χ4n) is 2.13. The Kier molecular flexibility index (Phi) is 3.33. The molecule has 0 bridgehead atoms. The van der Waals surface area contributed by atoms with Crippen LogP contribution in [-0.2, 0) is 0 Å². The predicted octanol–water partition coefficient (Wildman–Crippen LogP) is 1.30. The Morgan fingerprint density at radius 2 is 2.00 bits per heavy atom. The van der Waals surface area contributed by atoms with Crippen molar-refractivity contribution in [3.63, 3.8) is 0 Å². The van der Waals surface area contributed by atoms with E-state index >= 15 is 0 Å². The highest BCUT2D eigenvalue weighted by atomic mass is 16.3. The first-order valence-corrected chi connectivity index (χ1v) is 5.85. The summed E-state index contributed by atoms with van der Waals surface area (Å²) < 4.78 is 0. The average molecular weight is 235 g/mol. The molecule has 1 aromatic carbocycles. The number of rotatable bonds is 1. The van der Waals surface area contributed by atoms with Crippen molar-refractivity contribution in [2.45, 2.75) is 25.9 Å². The van der Waals surface area contributed by atoms with Crippen LogP contribution in [0.25, 0.3) is 0 Å². The summed E-state index contributed by atoms with van der Waals surface area (Å²) in [6, 6.07) is 4.77. The van der Waals surface area contributed by atoms with Crippen LogP contribution in [0.1, 0.15) is 28.8 Å². The summed E-state index contributed by atoms with van der Waals surface area (Å²) in [5.74, 6) is 0.155. The Balaban J connectivity index is 2.14. The van der Waals surface area contributed by atoms with E-state index in [9.17, 15) is 15.0 Å². The lowest BCUT2D eigenvalue weighted by atomic mass is 10.0. The third kappa shape index (κ3) is 2.58. The first-order chi connectivity index (χ1) is 8.08. The molecule has 0 atom stereocenters. The van der Waals surface area contributed by atoms with E-state index in [1.54, 1.807) is 17.0 Å². The average Bonchev–Trinajstić information content (AvgIpc) is 2.29. The highest BCUT2D eigenvalue weighted by molar-refractivity contribution is 5.95. The van der Waals surface area contributed by atoms with Crippen LogP contribution in [0.3, 0.4) is 0 Å². The van der Waals surface area contributed by atoms with Gasteiger partial charge in [-0.05, 0) is 43.5 Å². The van der Waals surface area contributed by atoms with E-state index in [1.165, 1.54) is 6.07 Å². The second-order valence-electron chi connectivity index (χ2n) is 4.52. The van der Waals surface area contributed by atoms with Crippen molar-refractivity contribution in [2.75, 3.05) is 13.1 Å². The zero-order valence-corrected chi connectivity index (χ0v) is 9.89. The molecule has 0 unspecified atom stereocenters. The second kappa shape index (κ2) is 4.75. The van der Waals surface area contributed by atoms with Gasteiger partial charge < -0.3 is 15.1 Å². The predicted molar refractivity (Wildman–Crippen MR) is 64.0 cm³/mol. The third-order valence-corrected chi connectivity index (χ3v) is 3.19. The summed E-state index contributed by atoms with van der Waals surface area (Å²) in [4.78, 5) is 14.0. The summed E-state index contributed by atoms with van der Waals surface area (Å²) in [5.41, 5.74) is 1.40. The van der Waals surface area contributed by atoms with Gasteiger partial charge in [0, 0.05) is 18.7 Å². The molecule has 4 heteroatoms. The molecular formula is C13H17NO3. The zero-order valence-electron chi connectivity index (χ0n) is 9.89. The number of aryl methyl sites for hydroxylation is 1. The molecule has 0 aromatic heterocycles. The number of piperidine rings is 1. The highest BCUT2D eigenvalue weighted by Gasteiger charge is 2.23. The molecule has 1 heterocycles. The Hall–Kier alpha value is -1.55. The smallest absolute Gasteiger partial charge is 0.254 e. The van der Waals surface area contributed by atoms with Gasteiger partial charge in [-0.15, -0.1) is 0 Å². The molecule has 4 nitrogen and oxygen atoms in total. The summed E-state index contributed by atoms with van der Waals surface area (Å²) in [5, 5.41) is 18.7. The maximum Gasteiger partial charge on any atom is 0.254 e. The number of hydrogen-bond donors (Lipinski definition) is 2. The van der Waals surface area contributed by atoms with Gasteiger partial charge in [0.1, 0.15) is 5.75 Å². The van der Waals surface area contributed by atoms with Crippen molar-refractivity contribution < 1.29 is 15.0 Å². The van der Waals surface area contributed by atoms with Crippen LogP contribution in [0.5, 0.6) is 5.75 Å². The topological polar surface area (TPSA) is 60.8 Å². The van der Waals surface area contributed by atoms with Gasteiger partial charge in [-0.2, -0.15) is 0 Å². The molecule has 2 N–H and O–H groups in total. The number of benzene rings is 1. The summed E-state index contributed by atoms with van der Waals surface area (Å²) in [7, 11) is 0. The van der Waals surface area contributed by atoms with Crippen molar-refractivity contribution in [2.24, 2.45) is 0 Å². The van der Waals surface area contributed by atoms with E-state index < -0.39 is 0 Å². The van der Waals surface area contributed by atoms with E-state index in [1.807, 2.05) is 6.92 Å². The van der Waals surface area contributed by atoms with Crippen molar-refractivity contribution in [3.05, 3.63) is 29.3 Å². The second-order valence-corrected chi connectivity index (χ2v) is 4.52. The molecule has 0 radical (unpaired) electrons. The lowest BCUT2D eigenvalue weighted by Gasteiger charge is -2.30. The van der Waals surface area contributed by atoms with Gasteiger partial charge in [0.15, 0.2) is 0 Å².